The molecular formula is C17H22BrNO4S. The molecule has 0 unspecified atom stereocenters. The molecule has 5 nitrogen and oxygen atoms in total. The topological polar surface area (TPSA) is 55.8 Å². The lowest BCUT2D eigenvalue weighted by molar-refractivity contribution is -0.126. The van der Waals surface area contributed by atoms with Crippen LogP contribution >= 0.6 is 27.7 Å². The molecule has 1 heterocycles. The van der Waals surface area contributed by atoms with Crippen molar-refractivity contribution in [2.75, 3.05) is 19.8 Å². The number of halogens is 1. The van der Waals surface area contributed by atoms with Crippen molar-refractivity contribution in [1.82, 2.24) is 4.90 Å². The van der Waals surface area contributed by atoms with Gasteiger partial charge >= 0.3 is 0 Å². The second-order valence-electron chi connectivity index (χ2n) is 5.32. The van der Waals surface area contributed by atoms with Gasteiger partial charge in [0.15, 0.2) is 0 Å². The smallest absolute Gasteiger partial charge is 0.289 e. The Hall–Kier alpha value is -1.21. The number of ether oxygens (including phenoxy) is 2. The van der Waals surface area contributed by atoms with Gasteiger partial charge in [-0.25, -0.2) is 0 Å². The molecule has 7 heteroatoms. The summed E-state index contributed by atoms with van der Waals surface area (Å²) in [5, 5.41) is -0.553. The first kappa shape index (κ1) is 19.1. The van der Waals surface area contributed by atoms with Crippen molar-refractivity contribution in [2.24, 2.45) is 0 Å². The summed E-state index contributed by atoms with van der Waals surface area (Å²) >= 11 is 4.60. The van der Waals surface area contributed by atoms with Gasteiger partial charge in [-0.05, 0) is 54.2 Å². The minimum Gasteiger partial charge on any atom is -0.493 e. The lowest BCUT2D eigenvalue weighted by atomic mass is 10.1. The summed E-state index contributed by atoms with van der Waals surface area (Å²) in [6, 6.07) is 3.75. The number of imide groups is 1. The first-order valence-corrected chi connectivity index (χ1v) is 9.79. The predicted octanol–water partition coefficient (Wildman–Crippen LogP) is 4.26. The van der Waals surface area contributed by atoms with Crippen LogP contribution in [-0.2, 0) is 11.2 Å². The minimum atomic E-state index is -0.395. The standard InChI is InChI=1S/C17H22BrNO4S/c1-4-7-19-16(20)15(24-17(19)21)9-11-8-12(18)14(23-6-3)10-13(11)22-5-2/h8,10,15H,4-7,9H2,1-3H3/t15-/m1/s1. The lowest BCUT2D eigenvalue weighted by Gasteiger charge is -2.16. The molecule has 0 saturated carbocycles. The van der Waals surface area contributed by atoms with E-state index < -0.39 is 5.25 Å². The quantitative estimate of drug-likeness (QED) is 0.634. The summed E-state index contributed by atoms with van der Waals surface area (Å²) in [4.78, 5) is 25.8. The van der Waals surface area contributed by atoms with Gasteiger partial charge in [0.25, 0.3) is 5.24 Å². The van der Waals surface area contributed by atoms with Crippen LogP contribution in [0.25, 0.3) is 0 Å². The van der Waals surface area contributed by atoms with E-state index >= 15 is 0 Å². The highest BCUT2D eigenvalue weighted by atomic mass is 79.9. The van der Waals surface area contributed by atoms with Crippen LogP contribution in [0.15, 0.2) is 16.6 Å². The van der Waals surface area contributed by atoms with Gasteiger partial charge in [0.1, 0.15) is 11.5 Å². The molecule has 1 aliphatic rings. The Morgan fingerprint density at radius 1 is 1.12 bits per heavy atom. The molecule has 1 aliphatic heterocycles. The second kappa shape index (κ2) is 8.76. The Morgan fingerprint density at radius 3 is 2.42 bits per heavy atom. The van der Waals surface area contributed by atoms with Crippen molar-refractivity contribution >= 4 is 38.8 Å². The number of thioether (sulfide) groups is 1. The van der Waals surface area contributed by atoms with E-state index in [-0.39, 0.29) is 11.1 Å². The van der Waals surface area contributed by atoms with E-state index in [2.05, 4.69) is 15.9 Å². The van der Waals surface area contributed by atoms with E-state index in [1.807, 2.05) is 32.9 Å². The average Bonchev–Trinajstić information content (AvgIpc) is 2.80. The van der Waals surface area contributed by atoms with Crippen molar-refractivity contribution in [2.45, 2.75) is 38.9 Å². The van der Waals surface area contributed by atoms with E-state index in [1.54, 1.807) is 0 Å². The fourth-order valence-electron chi connectivity index (χ4n) is 2.54. The number of hydrogen-bond donors (Lipinski definition) is 0. The molecule has 2 amide bonds. The first-order chi connectivity index (χ1) is 11.5. The highest BCUT2D eigenvalue weighted by Gasteiger charge is 2.39. The summed E-state index contributed by atoms with van der Waals surface area (Å²) in [6.07, 6.45) is 1.22. The molecule has 1 fully saturated rings. The van der Waals surface area contributed by atoms with Crippen LogP contribution in [0.2, 0.25) is 0 Å². The highest BCUT2D eigenvalue weighted by Crippen LogP contribution is 2.37. The van der Waals surface area contributed by atoms with Crippen LogP contribution in [0.3, 0.4) is 0 Å². The summed E-state index contributed by atoms with van der Waals surface area (Å²) in [7, 11) is 0. The zero-order valence-corrected chi connectivity index (χ0v) is 16.5. The van der Waals surface area contributed by atoms with Crippen molar-refractivity contribution in [3.63, 3.8) is 0 Å². The Balaban J connectivity index is 2.24. The number of amides is 2. The molecule has 132 valence electrons. The van der Waals surface area contributed by atoms with Crippen molar-refractivity contribution < 1.29 is 19.1 Å². The molecule has 1 atom stereocenters. The molecule has 24 heavy (non-hydrogen) atoms. The molecule has 0 radical (unpaired) electrons. The molecule has 1 saturated heterocycles. The lowest BCUT2D eigenvalue weighted by Crippen LogP contribution is -2.32. The van der Waals surface area contributed by atoms with E-state index in [4.69, 9.17) is 9.47 Å². The Kier molecular flexibility index (Phi) is 6.98. The monoisotopic (exact) mass is 415 g/mol. The van der Waals surface area contributed by atoms with Gasteiger partial charge < -0.3 is 9.47 Å². The fraction of sp³-hybridized carbons (Fsp3) is 0.529. The van der Waals surface area contributed by atoms with Crippen molar-refractivity contribution in [1.29, 1.82) is 0 Å². The SMILES string of the molecule is CCCN1C(=O)S[C@H](Cc2cc(Br)c(OCC)cc2OCC)C1=O. The summed E-state index contributed by atoms with van der Waals surface area (Å²) in [6.45, 7) is 7.34. The van der Waals surface area contributed by atoms with Gasteiger partial charge in [0, 0.05) is 12.6 Å². The first-order valence-electron chi connectivity index (χ1n) is 8.11. The Bertz CT molecular complexity index is 623. The summed E-state index contributed by atoms with van der Waals surface area (Å²) in [5.41, 5.74) is 0.893. The number of rotatable bonds is 8. The Labute approximate surface area is 155 Å². The third-order valence-corrected chi connectivity index (χ3v) is 5.27. The number of hydrogen-bond acceptors (Lipinski definition) is 5. The second-order valence-corrected chi connectivity index (χ2v) is 7.33. The van der Waals surface area contributed by atoms with Crippen LogP contribution < -0.4 is 9.47 Å². The van der Waals surface area contributed by atoms with Crippen molar-refractivity contribution in [3.05, 3.63) is 22.2 Å². The highest BCUT2D eigenvalue weighted by molar-refractivity contribution is 9.10. The van der Waals surface area contributed by atoms with Gasteiger partial charge in [0.05, 0.1) is 22.9 Å². The predicted molar refractivity (Wildman–Crippen MR) is 99.0 cm³/mol. The van der Waals surface area contributed by atoms with Crippen LogP contribution in [0, 0.1) is 0 Å². The normalized spacial score (nSPS) is 17.5. The van der Waals surface area contributed by atoms with E-state index in [9.17, 15) is 9.59 Å². The van der Waals surface area contributed by atoms with E-state index in [0.29, 0.717) is 37.7 Å². The molecule has 2 rings (SSSR count). The maximum atomic E-state index is 12.4. The number of benzene rings is 1. The summed E-state index contributed by atoms with van der Waals surface area (Å²) < 4.78 is 12.1. The van der Waals surface area contributed by atoms with Crippen LogP contribution in [0.5, 0.6) is 11.5 Å². The number of carbonyl (C=O) groups excluding carboxylic acids is 2. The third-order valence-electron chi connectivity index (χ3n) is 3.57. The molecule has 0 aliphatic carbocycles. The van der Waals surface area contributed by atoms with Crippen molar-refractivity contribution in [3.8, 4) is 11.5 Å². The zero-order chi connectivity index (χ0) is 17.7. The number of carbonyl (C=O) groups is 2. The van der Waals surface area contributed by atoms with Gasteiger partial charge in [-0.2, -0.15) is 0 Å². The molecule has 1 aromatic rings. The molecule has 1 aromatic carbocycles. The average molecular weight is 416 g/mol. The minimum absolute atomic E-state index is 0.112. The molecule has 0 bridgehead atoms. The maximum Gasteiger partial charge on any atom is 0.289 e. The summed E-state index contributed by atoms with van der Waals surface area (Å²) in [5.74, 6) is 1.29. The third kappa shape index (κ3) is 4.25. The van der Waals surface area contributed by atoms with E-state index in [1.165, 1.54) is 4.90 Å². The van der Waals surface area contributed by atoms with Gasteiger partial charge in [-0.15, -0.1) is 0 Å². The zero-order valence-electron chi connectivity index (χ0n) is 14.1. The molecular weight excluding hydrogens is 394 g/mol. The van der Waals surface area contributed by atoms with Gasteiger partial charge in [-0.1, -0.05) is 18.7 Å². The van der Waals surface area contributed by atoms with Gasteiger partial charge in [-0.3, -0.25) is 14.5 Å². The van der Waals surface area contributed by atoms with E-state index in [0.717, 1.165) is 28.2 Å². The van der Waals surface area contributed by atoms with Crippen LogP contribution in [0.1, 0.15) is 32.8 Å². The number of nitrogens with zero attached hydrogens (tertiary/aromatic N) is 1. The fourth-order valence-corrected chi connectivity index (χ4v) is 4.09. The maximum absolute atomic E-state index is 12.4. The van der Waals surface area contributed by atoms with Crippen LogP contribution in [0.4, 0.5) is 4.79 Å². The largest absolute Gasteiger partial charge is 0.493 e. The Morgan fingerprint density at radius 2 is 1.79 bits per heavy atom. The molecule has 0 spiro atoms. The van der Waals surface area contributed by atoms with Gasteiger partial charge in [0.2, 0.25) is 5.91 Å². The molecule has 0 N–H and O–H groups in total. The molecule has 0 aromatic heterocycles. The van der Waals surface area contributed by atoms with Crippen LogP contribution in [-0.4, -0.2) is 41.1 Å².